The van der Waals surface area contributed by atoms with Crippen molar-refractivity contribution in [3.63, 3.8) is 0 Å². The molecule has 0 bridgehead atoms. The van der Waals surface area contributed by atoms with E-state index in [-0.39, 0.29) is 18.1 Å². The van der Waals surface area contributed by atoms with Crippen molar-refractivity contribution in [2.24, 2.45) is 5.92 Å². The van der Waals surface area contributed by atoms with E-state index >= 15 is 0 Å². The van der Waals surface area contributed by atoms with E-state index < -0.39 is 23.6 Å². The second kappa shape index (κ2) is 5.61. The van der Waals surface area contributed by atoms with Crippen LogP contribution in [0, 0.1) is 5.92 Å². The molecule has 120 valence electrons. The smallest absolute Gasteiger partial charge is 0.374 e. The molecule has 0 saturated heterocycles. The molecule has 22 heavy (non-hydrogen) atoms. The number of ketones is 1. The molecular formula is C16H20O6. The molecule has 0 aromatic rings. The third-order valence-electron chi connectivity index (χ3n) is 4.30. The summed E-state index contributed by atoms with van der Waals surface area (Å²) in [6.07, 6.45) is 2.27. The van der Waals surface area contributed by atoms with E-state index in [0.717, 1.165) is 0 Å². The first-order chi connectivity index (χ1) is 10.2. The molecular weight excluding hydrogens is 288 g/mol. The standard InChI is InChI=1S/C16H20O6/c1-5-6-16(10(4)13(18)15(20)22-16)8(2)7-11-9(3)12(17)14(19)21-11/h5-6,8,14,18-19H,7H2,1-4H3/b6-5+/t8-,14?,16-/m1/s1. The van der Waals surface area contributed by atoms with Gasteiger partial charge >= 0.3 is 5.97 Å². The Bertz CT molecular complexity index is 612. The van der Waals surface area contributed by atoms with Gasteiger partial charge in [0.05, 0.1) is 0 Å². The third-order valence-corrected chi connectivity index (χ3v) is 4.30. The molecule has 1 unspecified atom stereocenters. The van der Waals surface area contributed by atoms with Gasteiger partial charge in [0, 0.05) is 23.5 Å². The van der Waals surface area contributed by atoms with Crippen LogP contribution in [0.4, 0.5) is 0 Å². The molecule has 0 aromatic carbocycles. The maximum Gasteiger partial charge on any atom is 0.374 e. The molecule has 6 heteroatoms. The fraction of sp³-hybridized carbons (Fsp3) is 0.500. The van der Waals surface area contributed by atoms with Gasteiger partial charge in [-0.05, 0) is 26.8 Å². The zero-order chi connectivity index (χ0) is 16.7. The van der Waals surface area contributed by atoms with Gasteiger partial charge in [-0.3, -0.25) is 4.79 Å². The fourth-order valence-electron chi connectivity index (χ4n) is 2.89. The van der Waals surface area contributed by atoms with Crippen LogP contribution in [0.2, 0.25) is 0 Å². The highest BCUT2D eigenvalue weighted by Gasteiger charge is 2.48. The summed E-state index contributed by atoms with van der Waals surface area (Å²) in [7, 11) is 0. The molecule has 0 fully saturated rings. The van der Waals surface area contributed by atoms with Crippen LogP contribution in [0.5, 0.6) is 0 Å². The highest BCUT2D eigenvalue weighted by molar-refractivity contribution is 5.99. The van der Waals surface area contributed by atoms with Crippen LogP contribution in [0.15, 0.2) is 34.8 Å². The number of ether oxygens (including phenoxy) is 2. The van der Waals surface area contributed by atoms with Gasteiger partial charge in [-0.1, -0.05) is 13.0 Å². The first-order valence-electron chi connectivity index (χ1n) is 7.10. The Hall–Kier alpha value is -2.08. The Kier molecular flexibility index (Phi) is 4.15. The summed E-state index contributed by atoms with van der Waals surface area (Å²) < 4.78 is 10.6. The van der Waals surface area contributed by atoms with Gasteiger partial charge < -0.3 is 19.7 Å². The molecule has 0 spiro atoms. The minimum Gasteiger partial charge on any atom is -0.502 e. The van der Waals surface area contributed by atoms with E-state index in [2.05, 4.69) is 0 Å². The van der Waals surface area contributed by atoms with Crippen LogP contribution >= 0.6 is 0 Å². The Morgan fingerprint density at radius 2 is 2.00 bits per heavy atom. The van der Waals surface area contributed by atoms with Gasteiger partial charge in [-0.2, -0.15) is 0 Å². The fourth-order valence-corrected chi connectivity index (χ4v) is 2.89. The summed E-state index contributed by atoms with van der Waals surface area (Å²) >= 11 is 0. The number of rotatable bonds is 4. The first kappa shape index (κ1) is 16.3. The quantitative estimate of drug-likeness (QED) is 0.609. The maximum absolute atomic E-state index is 11.7. The molecule has 0 saturated carbocycles. The normalized spacial score (nSPS) is 30.3. The lowest BCUT2D eigenvalue weighted by Gasteiger charge is -2.32. The minimum absolute atomic E-state index is 0.289. The van der Waals surface area contributed by atoms with E-state index in [9.17, 15) is 19.8 Å². The Balaban J connectivity index is 2.33. The molecule has 0 amide bonds. The molecule has 2 aliphatic heterocycles. The molecule has 0 aromatic heterocycles. The second-order valence-electron chi connectivity index (χ2n) is 5.64. The summed E-state index contributed by atoms with van der Waals surface area (Å²) in [5, 5.41) is 19.3. The Morgan fingerprint density at radius 1 is 1.36 bits per heavy atom. The van der Waals surface area contributed by atoms with Gasteiger partial charge in [-0.25, -0.2) is 4.79 Å². The largest absolute Gasteiger partial charge is 0.502 e. The van der Waals surface area contributed by atoms with Crippen LogP contribution in [0.25, 0.3) is 0 Å². The number of carbonyl (C=O) groups is 2. The van der Waals surface area contributed by atoms with E-state index in [4.69, 9.17) is 9.47 Å². The van der Waals surface area contributed by atoms with Crippen LogP contribution in [-0.2, 0) is 19.1 Å². The lowest BCUT2D eigenvalue weighted by atomic mass is 9.80. The Labute approximate surface area is 128 Å². The summed E-state index contributed by atoms with van der Waals surface area (Å²) in [5.41, 5.74) is -0.292. The number of allylic oxidation sites excluding steroid dienone is 2. The number of aliphatic hydroxyl groups is 2. The molecule has 2 aliphatic rings. The lowest BCUT2D eigenvalue weighted by Crippen LogP contribution is -2.37. The Morgan fingerprint density at radius 3 is 2.41 bits per heavy atom. The number of aliphatic hydroxyl groups excluding tert-OH is 2. The minimum atomic E-state index is -1.46. The van der Waals surface area contributed by atoms with Crippen LogP contribution in [-0.4, -0.2) is 33.9 Å². The summed E-state index contributed by atoms with van der Waals surface area (Å²) in [5.74, 6) is -1.53. The third kappa shape index (κ3) is 2.33. The zero-order valence-corrected chi connectivity index (χ0v) is 13.0. The van der Waals surface area contributed by atoms with E-state index in [1.165, 1.54) is 0 Å². The molecule has 0 aliphatic carbocycles. The monoisotopic (exact) mass is 308 g/mol. The van der Waals surface area contributed by atoms with Gasteiger partial charge in [0.25, 0.3) is 6.29 Å². The number of carbonyl (C=O) groups excluding carboxylic acids is 2. The van der Waals surface area contributed by atoms with Gasteiger partial charge in [0.2, 0.25) is 11.5 Å². The van der Waals surface area contributed by atoms with E-state index in [0.29, 0.717) is 16.9 Å². The maximum atomic E-state index is 11.7. The lowest BCUT2D eigenvalue weighted by molar-refractivity contribution is -0.149. The summed E-state index contributed by atoms with van der Waals surface area (Å²) in [6, 6.07) is 0. The number of hydrogen-bond acceptors (Lipinski definition) is 6. The zero-order valence-electron chi connectivity index (χ0n) is 13.0. The topological polar surface area (TPSA) is 93.1 Å². The van der Waals surface area contributed by atoms with E-state index in [1.807, 2.05) is 6.92 Å². The first-order valence-corrected chi connectivity index (χ1v) is 7.10. The van der Waals surface area contributed by atoms with E-state index in [1.54, 1.807) is 32.9 Å². The molecule has 2 rings (SSSR count). The van der Waals surface area contributed by atoms with Crippen molar-refractivity contribution in [1.29, 1.82) is 0 Å². The van der Waals surface area contributed by atoms with Crippen LogP contribution in [0.3, 0.4) is 0 Å². The van der Waals surface area contributed by atoms with Crippen LogP contribution < -0.4 is 0 Å². The number of cyclic esters (lactones) is 1. The number of esters is 1. The summed E-state index contributed by atoms with van der Waals surface area (Å²) in [6.45, 7) is 6.83. The average molecular weight is 308 g/mol. The van der Waals surface area contributed by atoms with Crippen molar-refractivity contribution in [2.75, 3.05) is 0 Å². The molecule has 0 radical (unpaired) electrons. The second-order valence-corrected chi connectivity index (χ2v) is 5.64. The predicted octanol–water partition coefficient (Wildman–Crippen LogP) is 1.91. The molecule has 2 heterocycles. The molecule has 6 nitrogen and oxygen atoms in total. The van der Waals surface area contributed by atoms with Crippen LogP contribution in [0.1, 0.15) is 34.1 Å². The highest BCUT2D eigenvalue weighted by atomic mass is 16.6. The predicted molar refractivity (Wildman–Crippen MR) is 77.5 cm³/mol. The average Bonchev–Trinajstić information content (AvgIpc) is 2.83. The van der Waals surface area contributed by atoms with Crippen molar-refractivity contribution in [2.45, 2.75) is 46.0 Å². The van der Waals surface area contributed by atoms with Crippen molar-refractivity contribution in [3.8, 4) is 0 Å². The van der Waals surface area contributed by atoms with Crippen molar-refractivity contribution in [3.05, 3.63) is 34.8 Å². The molecule has 3 atom stereocenters. The number of hydrogen-bond donors (Lipinski definition) is 2. The molecule has 2 N–H and O–H groups in total. The highest BCUT2D eigenvalue weighted by Crippen LogP contribution is 2.42. The van der Waals surface area contributed by atoms with Gasteiger partial charge in [0.15, 0.2) is 5.60 Å². The van der Waals surface area contributed by atoms with Crippen molar-refractivity contribution in [1.82, 2.24) is 0 Å². The number of Topliss-reactive ketones (excluding diaryl/α,β-unsaturated/α-hetero) is 1. The van der Waals surface area contributed by atoms with Crippen molar-refractivity contribution < 1.29 is 29.3 Å². The van der Waals surface area contributed by atoms with Crippen molar-refractivity contribution >= 4 is 11.8 Å². The van der Waals surface area contributed by atoms with Gasteiger partial charge in [-0.15, -0.1) is 0 Å². The van der Waals surface area contributed by atoms with Gasteiger partial charge in [0.1, 0.15) is 5.76 Å². The summed E-state index contributed by atoms with van der Waals surface area (Å²) in [4.78, 5) is 23.3. The SMILES string of the molecule is C/C=C/[C@]1([C@H](C)CC2=C(C)C(=O)C(O)O2)OC(=O)C(O)=C1C.